The molecular formula is C11H16N2O4S. The van der Waals surface area contributed by atoms with Gasteiger partial charge >= 0.3 is 5.97 Å². The lowest BCUT2D eigenvalue weighted by atomic mass is 10.3. The Morgan fingerprint density at radius 3 is 2.33 bits per heavy atom. The van der Waals surface area contributed by atoms with Gasteiger partial charge in [-0.25, -0.2) is 8.42 Å². The van der Waals surface area contributed by atoms with E-state index in [1.54, 1.807) is 6.92 Å². The molecule has 0 atom stereocenters. The summed E-state index contributed by atoms with van der Waals surface area (Å²) in [5, 5.41) is 0. The molecule has 0 bridgehead atoms. The van der Waals surface area contributed by atoms with Crippen LogP contribution < -0.4 is 5.73 Å². The van der Waals surface area contributed by atoms with Crippen LogP contribution in [0.4, 0.5) is 5.69 Å². The molecule has 6 nitrogen and oxygen atoms in total. The minimum atomic E-state index is -3.70. The molecule has 1 aromatic carbocycles. The van der Waals surface area contributed by atoms with E-state index in [0.717, 1.165) is 4.31 Å². The number of sulfonamides is 1. The summed E-state index contributed by atoms with van der Waals surface area (Å²) < 4.78 is 29.9. The predicted molar refractivity (Wildman–Crippen MR) is 67.3 cm³/mol. The zero-order valence-corrected chi connectivity index (χ0v) is 11.1. The summed E-state index contributed by atoms with van der Waals surface area (Å²) in [6.45, 7) is 1.53. The SMILES string of the molecule is CCN(CC(=O)OC)S(=O)(=O)c1ccc(N)cc1. The average molecular weight is 272 g/mol. The van der Waals surface area contributed by atoms with Crippen LogP contribution in [0.1, 0.15) is 6.92 Å². The van der Waals surface area contributed by atoms with Gasteiger partial charge < -0.3 is 10.5 Å². The number of nitrogen functional groups attached to an aromatic ring is 1. The lowest BCUT2D eigenvalue weighted by molar-refractivity contribution is -0.140. The van der Waals surface area contributed by atoms with Gasteiger partial charge in [0.1, 0.15) is 6.54 Å². The van der Waals surface area contributed by atoms with E-state index in [0.29, 0.717) is 5.69 Å². The van der Waals surface area contributed by atoms with Crippen molar-refractivity contribution >= 4 is 21.7 Å². The number of ether oxygens (including phenoxy) is 1. The summed E-state index contributed by atoms with van der Waals surface area (Å²) >= 11 is 0. The van der Waals surface area contributed by atoms with E-state index < -0.39 is 16.0 Å². The van der Waals surface area contributed by atoms with Crippen molar-refractivity contribution in [2.45, 2.75) is 11.8 Å². The molecule has 0 radical (unpaired) electrons. The maximum atomic E-state index is 12.2. The fourth-order valence-electron chi connectivity index (χ4n) is 1.36. The van der Waals surface area contributed by atoms with E-state index in [-0.39, 0.29) is 18.0 Å². The maximum Gasteiger partial charge on any atom is 0.321 e. The van der Waals surface area contributed by atoms with E-state index in [9.17, 15) is 13.2 Å². The predicted octanol–water partition coefficient (Wildman–Crippen LogP) is 0.452. The van der Waals surface area contributed by atoms with Crippen LogP contribution in [0, 0.1) is 0 Å². The molecule has 0 saturated carbocycles. The Balaban J connectivity index is 3.03. The number of nitrogens with zero attached hydrogens (tertiary/aromatic N) is 1. The highest BCUT2D eigenvalue weighted by Gasteiger charge is 2.25. The Bertz CT molecular complexity index is 510. The second-order valence-electron chi connectivity index (χ2n) is 3.58. The molecule has 1 rings (SSSR count). The molecule has 1 aromatic rings. The Labute approximate surface area is 106 Å². The third kappa shape index (κ3) is 3.21. The minimum absolute atomic E-state index is 0.0995. The number of methoxy groups -OCH3 is 1. The van der Waals surface area contributed by atoms with E-state index in [1.807, 2.05) is 0 Å². The number of nitrogens with two attached hydrogens (primary N) is 1. The summed E-state index contributed by atoms with van der Waals surface area (Å²) in [4.78, 5) is 11.3. The highest BCUT2D eigenvalue weighted by molar-refractivity contribution is 7.89. The van der Waals surface area contributed by atoms with Crippen LogP contribution in [-0.4, -0.2) is 38.9 Å². The molecule has 0 aliphatic heterocycles. The number of esters is 1. The average Bonchev–Trinajstić information content (AvgIpc) is 2.35. The van der Waals surface area contributed by atoms with E-state index in [2.05, 4.69) is 4.74 Å². The van der Waals surface area contributed by atoms with Crippen LogP contribution in [0.3, 0.4) is 0 Å². The van der Waals surface area contributed by atoms with Crippen LogP contribution in [0.5, 0.6) is 0 Å². The molecule has 0 aliphatic carbocycles. The van der Waals surface area contributed by atoms with Crippen LogP contribution in [0.15, 0.2) is 29.2 Å². The lowest BCUT2D eigenvalue weighted by Gasteiger charge is -2.19. The number of hydrogen-bond donors (Lipinski definition) is 1. The molecule has 0 spiro atoms. The Kier molecular flexibility index (Phi) is 4.69. The molecule has 0 unspecified atom stereocenters. The van der Waals surface area contributed by atoms with Crippen molar-refractivity contribution in [2.75, 3.05) is 25.9 Å². The first-order chi connectivity index (χ1) is 8.41. The quantitative estimate of drug-likeness (QED) is 0.621. The zero-order chi connectivity index (χ0) is 13.8. The van der Waals surface area contributed by atoms with Gasteiger partial charge in [-0.15, -0.1) is 0 Å². The molecular weight excluding hydrogens is 256 g/mol. The van der Waals surface area contributed by atoms with Crippen molar-refractivity contribution in [3.05, 3.63) is 24.3 Å². The zero-order valence-electron chi connectivity index (χ0n) is 10.3. The van der Waals surface area contributed by atoms with Crippen molar-refractivity contribution in [2.24, 2.45) is 0 Å². The van der Waals surface area contributed by atoms with Gasteiger partial charge in [0.2, 0.25) is 10.0 Å². The maximum absolute atomic E-state index is 12.2. The van der Waals surface area contributed by atoms with Crippen molar-refractivity contribution in [3.63, 3.8) is 0 Å². The van der Waals surface area contributed by atoms with Crippen molar-refractivity contribution < 1.29 is 17.9 Å². The molecule has 18 heavy (non-hydrogen) atoms. The second kappa shape index (κ2) is 5.83. The first-order valence-electron chi connectivity index (χ1n) is 5.34. The third-order valence-electron chi connectivity index (χ3n) is 2.40. The number of rotatable bonds is 5. The molecule has 0 aromatic heterocycles. The second-order valence-corrected chi connectivity index (χ2v) is 5.51. The van der Waals surface area contributed by atoms with Gasteiger partial charge in [-0.1, -0.05) is 6.92 Å². The molecule has 100 valence electrons. The number of anilines is 1. The van der Waals surface area contributed by atoms with E-state index in [4.69, 9.17) is 5.73 Å². The molecule has 0 amide bonds. The fourth-order valence-corrected chi connectivity index (χ4v) is 2.76. The lowest BCUT2D eigenvalue weighted by Crippen LogP contribution is -2.36. The number of benzene rings is 1. The number of carbonyl (C=O) groups is 1. The molecule has 0 fully saturated rings. The highest BCUT2D eigenvalue weighted by Crippen LogP contribution is 2.16. The molecule has 0 heterocycles. The van der Waals surface area contributed by atoms with Crippen LogP contribution >= 0.6 is 0 Å². The van der Waals surface area contributed by atoms with Crippen molar-refractivity contribution in [1.29, 1.82) is 0 Å². The van der Waals surface area contributed by atoms with Gasteiger partial charge in [0.25, 0.3) is 0 Å². The third-order valence-corrected chi connectivity index (χ3v) is 4.34. The monoisotopic (exact) mass is 272 g/mol. The first kappa shape index (κ1) is 14.5. The van der Waals surface area contributed by atoms with Gasteiger partial charge in [0, 0.05) is 12.2 Å². The highest BCUT2D eigenvalue weighted by atomic mass is 32.2. The summed E-state index contributed by atoms with van der Waals surface area (Å²) in [6.07, 6.45) is 0. The van der Waals surface area contributed by atoms with Gasteiger partial charge in [-0.05, 0) is 24.3 Å². The fraction of sp³-hybridized carbons (Fsp3) is 0.364. The van der Waals surface area contributed by atoms with Crippen LogP contribution in [-0.2, 0) is 19.6 Å². The summed E-state index contributed by atoms with van der Waals surface area (Å²) in [5.74, 6) is -0.601. The van der Waals surface area contributed by atoms with Crippen LogP contribution in [0.2, 0.25) is 0 Å². The topological polar surface area (TPSA) is 89.7 Å². The number of likely N-dealkylation sites (N-methyl/N-ethyl adjacent to an activating group) is 1. The molecule has 7 heteroatoms. The summed E-state index contributed by atoms with van der Waals surface area (Å²) in [5.41, 5.74) is 5.98. The number of hydrogen-bond acceptors (Lipinski definition) is 5. The number of carbonyl (C=O) groups excluding carboxylic acids is 1. The largest absolute Gasteiger partial charge is 0.468 e. The molecule has 2 N–H and O–H groups in total. The Morgan fingerprint density at radius 1 is 1.33 bits per heavy atom. The van der Waals surface area contributed by atoms with Gasteiger partial charge in [0.05, 0.1) is 12.0 Å². The summed E-state index contributed by atoms with van der Waals surface area (Å²) in [7, 11) is -2.48. The van der Waals surface area contributed by atoms with E-state index >= 15 is 0 Å². The van der Waals surface area contributed by atoms with Gasteiger partial charge in [0.15, 0.2) is 0 Å². The molecule has 0 aliphatic rings. The Hall–Kier alpha value is -1.60. The standard InChI is InChI=1S/C11H16N2O4S/c1-3-13(8-11(14)17-2)18(15,16)10-6-4-9(12)5-7-10/h4-7H,3,8,12H2,1-2H3. The Morgan fingerprint density at radius 2 is 1.89 bits per heavy atom. The van der Waals surface area contributed by atoms with Gasteiger partial charge in [-0.3, -0.25) is 4.79 Å². The van der Waals surface area contributed by atoms with Crippen LogP contribution in [0.25, 0.3) is 0 Å². The smallest absolute Gasteiger partial charge is 0.321 e. The van der Waals surface area contributed by atoms with Crippen molar-refractivity contribution in [1.82, 2.24) is 4.31 Å². The van der Waals surface area contributed by atoms with E-state index in [1.165, 1.54) is 31.4 Å². The normalized spacial score (nSPS) is 11.5. The molecule has 0 saturated heterocycles. The summed E-state index contributed by atoms with van der Waals surface area (Å²) in [6, 6.07) is 5.81. The van der Waals surface area contributed by atoms with Gasteiger partial charge in [-0.2, -0.15) is 4.31 Å². The first-order valence-corrected chi connectivity index (χ1v) is 6.78. The van der Waals surface area contributed by atoms with Crippen molar-refractivity contribution in [3.8, 4) is 0 Å². The minimum Gasteiger partial charge on any atom is -0.468 e.